The fourth-order valence-electron chi connectivity index (χ4n) is 1.39. The Kier molecular flexibility index (Phi) is 5.24. The number of nitrogens with two attached hydrogens (primary N) is 2. The van der Waals surface area contributed by atoms with Gasteiger partial charge in [0.05, 0.1) is 0 Å². The van der Waals surface area contributed by atoms with Gasteiger partial charge in [0.1, 0.15) is 0 Å². The molecule has 0 saturated carbocycles. The molecule has 0 radical (unpaired) electrons. The van der Waals surface area contributed by atoms with Gasteiger partial charge in [-0.2, -0.15) is 0 Å². The summed E-state index contributed by atoms with van der Waals surface area (Å²) in [6, 6.07) is 15.9. The molecule has 0 aliphatic carbocycles. The third kappa shape index (κ3) is 4.29. The summed E-state index contributed by atoms with van der Waals surface area (Å²) in [7, 11) is 0. The van der Waals surface area contributed by atoms with E-state index in [0.29, 0.717) is 6.54 Å². The average molecular weight is 228 g/mol. The molecule has 0 atom stereocenters. The third-order valence-corrected chi connectivity index (χ3v) is 2.73. The van der Waals surface area contributed by atoms with Gasteiger partial charge in [0.15, 0.2) is 0 Å². The van der Waals surface area contributed by atoms with Gasteiger partial charge < -0.3 is 11.5 Å². The highest BCUT2D eigenvalue weighted by atomic mass is 14.5. The maximum Gasteiger partial charge on any atom is 0.0346 e. The van der Waals surface area contributed by atoms with Crippen molar-refractivity contribution < 1.29 is 0 Å². The van der Waals surface area contributed by atoms with E-state index in [1.807, 2.05) is 49.4 Å². The van der Waals surface area contributed by atoms with Gasteiger partial charge in [-0.3, -0.25) is 0 Å². The van der Waals surface area contributed by atoms with Crippen LogP contribution >= 0.6 is 0 Å². The van der Waals surface area contributed by atoms with Crippen LogP contribution in [0.4, 0.5) is 5.69 Å². The second kappa shape index (κ2) is 6.71. The van der Waals surface area contributed by atoms with Crippen LogP contribution in [0, 0.1) is 13.8 Å². The molecule has 90 valence electrons. The molecule has 0 bridgehead atoms. The molecule has 0 aliphatic heterocycles. The van der Waals surface area contributed by atoms with Crippen LogP contribution in [0.15, 0.2) is 48.5 Å². The molecule has 2 heteroatoms. The molecule has 2 rings (SSSR count). The minimum absolute atomic E-state index is 0.640. The van der Waals surface area contributed by atoms with Crippen LogP contribution in [-0.4, -0.2) is 0 Å². The molecule has 2 nitrogen and oxygen atoms in total. The van der Waals surface area contributed by atoms with E-state index in [1.54, 1.807) is 0 Å². The number of benzene rings is 2. The first-order chi connectivity index (χ1) is 8.15. The summed E-state index contributed by atoms with van der Waals surface area (Å²) in [6.07, 6.45) is 0. The Balaban J connectivity index is 0.000000171. The normalized spacial score (nSPS) is 9.35. The highest BCUT2D eigenvalue weighted by molar-refractivity contribution is 5.49. The molecule has 2 aromatic rings. The van der Waals surface area contributed by atoms with Gasteiger partial charge in [-0.25, -0.2) is 0 Å². The van der Waals surface area contributed by atoms with Crippen molar-refractivity contribution in [2.45, 2.75) is 20.4 Å². The maximum absolute atomic E-state index is 5.62. The summed E-state index contributed by atoms with van der Waals surface area (Å²) >= 11 is 0. The number of aryl methyl sites for hydroxylation is 1. The summed E-state index contributed by atoms with van der Waals surface area (Å²) < 4.78 is 0. The lowest BCUT2D eigenvalue weighted by atomic mass is 10.1. The maximum atomic E-state index is 5.62. The number of rotatable bonds is 1. The Hall–Kier alpha value is -1.80. The molecule has 0 fully saturated rings. The van der Waals surface area contributed by atoms with Crippen molar-refractivity contribution in [1.29, 1.82) is 0 Å². The lowest BCUT2D eigenvalue weighted by Crippen LogP contribution is -1.94. The zero-order valence-corrected chi connectivity index (χ0v) is 10.5. The first-order valence-corrected chi connectivity index (χ1v) is 5.71. The zero-order valence-electron chi connectivity index (χ0n) is 10.5. The molecular weight excluding hydrogens is 208 g/mol. The van der Waals surface area contributed by atoms with E-state index in [-0.39, 0.29) is 0 Å². The van der Waals surface area contributed by atoms with Gasteiger partial charge in [-0.05, 0) is 36.6 Å². The van der Waals surface area contributed by atoms with Gasteiger partial charge in [0.25, 0.3) is 0 Å². The minimum Gasteiger partial charge on any atom is -0.399 e. The van der Waals surface area contributed by atoms with E-state index in [2.05, 4.69) is 13.0 Å². The molecule has 0 aromatic heterocycles. The fraction of sp³-hybridized carbons (Fsp3) is 0.200. The second-order valence-corrected chi connectivity index (χ2v) is 3.98. The summed E-state index contributed by atoms with van der Waals surface area (Å²) in [5.41, 5.74) is 15.5. The van der Waals surface area contributed by atoms with Crippen molar-refractivity contribution in [2.75, 3.05) is 5.73 Å². The topological polar surface area (TPSA) is 52.0 Å². The molecule has 0 amide bonds. The molecule has 0 heterocycles. The van der Waals surface area contributed by atoms with Crippen LogP contribution in [0.1, 0.15) is 16.7 Å². The Morgan fingerprint density at radius 2 is 1.53 bits per heavy atom. The lowest BCUT2D eigenvalue weighted by Gasteiger charge is -2.00. The Labute approximate surface area is 103 Å². The summed E-state index contributed by atoms with van der Waals surface area (Å²) in [5, 5.41) is 0. The summed E-state index contributed by atoms with van der Waals surface area (Å²) in [4.78, 5) is 0. The first-order valence-electron chi connectivity index (χ1n) is 5.71. The van der Waals surface area contributed by atoms with Crippen LogP contribution in [0.2, 0.25) is 0 Å². The van der Waals surface area contributed by atoms with Gasteiger partial charge in [-0.1, -0.05) is 42.5 Å². The smallest absolute Gasteiger partial charge is 0.0346 e. The first kappa shape index (κ1) is 13.3. The van der Waals surface area contributed by atoms with Crippen molar-refractivity contribution in [3.63, 3.8) is 0 Å². The molecule has 4 N–H and O–H groups in total. The van der Waals surface area contributed by atoms with Crippen LogP contribution in [0.5, 0.6) is 0 Å². The van der Waals surface area contributed by atoms with E-state index < -0.39 is 0 Å². The van der Waals surface area contributed by atoms with Gasteiger partial charge in [0.2, 0.25) is 0 Å². The molecular formula is C15H20N2. The molecule has 0 saturated heterocycles. The molecule has 0 aliphatic rings. The SMILES string of the molecule is Cc1cccc(N)c1C.NCc1ccccc1. The lowest BCUT2D eigenvalue weighted by molar-refractivity contribution is 1.07. The van der Waals surface area contributed by atoms with Crippen molar-refractivity contribution >= 4 is 5.69 Å². The molecule has 0 unspecified atom stereocenters. The average Bonchev–Trinajstić information content (AvgIpc) is 2.37. The molecule has 0 spiro atoms. The van der Waals surface area contributed by atoms with Gasteiger partial charge in [-0.15, -0.1) is 0 Å². The monoisotopic (exact) mass is 228 g/mol. The number of hydrogen-bond donors (Lipinski definition) is 2. The Morgan fingerprint density at radius 3 is 1.94 bits per heavy atom. The fourth-order valence-corrected chi connectivity index (χ4v) is 1.39. The van der Waals surface area contributed by atoms with Gasteiger partial charge >= 0.3 is 0 Å². The quantitative estimate of drug-likeness (QED) is 0.737. The second-order valence-electron chi connectivity index (χ2n) is 3.98. The predicted octanol–water partition coefficient (Wildman–Crippen LogP) is 3.03. The predicted molar refractivity (Wildman–Crippen MR) is 74.7 cm³/mol. The van der Waals surface area contributed by atoms with E-state index in [9.17, 15) is 0 Å². The summed E-state index contributed by atoms with van der Waals surface area (Å²) in [5.74, 6) is 0. The minimum atomic E-state index is 0.640. The van der Waals surface area contributed by atoms with Crippen molar-refractivity contribution in [3.8, 4) is 0 Å². The van der Waals surface area contributed by atoms with E-state index in [0.717, 1.165) is 5.69 Å². The van der Waals surface area contributed by atoms with E-state index >= 15 is 0 Å². The van der Waals surface area contributed by atoms with Crippen molar-refractivity contribution in [3.05, 3.63) is 65.2 Å². The highest BCUT2D eigenvalue weighted by Gasteiger charge is 1.92. The van der Waals surface area contributed by atoms with Crippen molar-refractivity contribution in [2.24, 2.45) is 5.73 Å². The largest absolute Gasteiger partial charge is 0.399 e. The Morgan fingerprint density at radius 1 is 0.882 bits per heavy atom. The van der Waals surface area contributed by atoms with Crippen LogP contribution in [0.25, 0.3) is 0 Å². The van der Waals surface area contributed by atoms with Crippen LogP contribution in [-0.2, 0) is 6.54 Å². The van der Waals surface area contributed by atoms with E-state index in [4.69, 9.17) is 11.5 Å². The molecule has 2 aromatic carbocycles. The van der Waals surface area contributed by atoms with Crippen LogP contribution < -0.4 is 11.5 Å². The third-order valence-electron chi connectivity index (χ3n) is 2.73. The molecule has 17 heavy (non-hydrogen) atoms. The standard InChI is InChI=1S/C8H11N.C7H9N/c1-6-4-3-5-8(9)7(6)2;8-6-7-4-2-1-3-5-7/h3-5H,9H2,1-2H3;1-5H,6,8H2. The van der Waals surface area contributed by atoms with E-state index in [1.165, 1.54) is 16.7 Å². The Bertz CT molecular complexity index is 429. The summed E-state index contributed by atoms with van der Waals surface area (Å²) in [6.45, 7) is 4.73. The van der Waals surface area contributed by atoms with Crippen LogP contribution in [0.3, 0.4) is 0 Å². The highest BCUT2D eigenvalue weighted by Crippen LogP contribution is 2.13. The van der Waals surface area contributed by atoms with Gasteiger partial charge in [0, 0.05) is 12.2 Å². The zero-order chi connectivity index (χ0) is 12.7. The number of anilines is 1. The van der Waals surface area contributed by atoms with Crippen molar-refractivity contribution in [1.82, 2.24) is 0 Å². The number of hydrogen-bond acceptors (Lipinski definition) is 2. The number of nitrogen functional groups attached to an aromatic ring is 1.